The molecule has 0 spiro atoms. The molecule has 1 heterocycles. The maximum Gasteiger partial charge on any atom is 0.362 e. The molecule has 0 fully saturated rings. The van der Waals surface area contributed by atoms with Gasteiger partial charge >= 0.3 is 15.2 Å². The van der Waals surface area contributed by atoms with Crippen molar-refractivity contribution in [2.75, 3.05) is 0 Å². The van der Waals surface area contributed by atoms with Crippen molar-refractivity contribution in [3.63, 3.8) is 0 Å². The molecule has 0 saturated carbocycles. The highest BCUT2D eigenvalue weighted by Gasteiger charge is 2.43. The molecular weight excluding hydrogens is 362 g/mol. The summed E-state index contributed by atoms with van der Waals surface area (Å²) in [5.41, 5.74) is -0.766. The van der Waals surface area contributed by atoms with Gasteiger partial charge in [-0.25, -0.2) is 4.99 Å². The number of hydrogen-bond acceptors (Lipinski definition) is 4. The Bertz CT molecular complexity index is 813. The second-order valence-corrected chi connectivity index (χ2v) is 9.25. The lowest BCUT2D eigenvalue weighted by atomic mass is 10.2. The number of aromatic nitrogens is 1. The molecule has 1 aromatic carbocycles. The van der Waals surface area contributed by atoms with Gasteiger partial charge in [-0.05, 0) is 12.5 Å². The number of benzene rings is 1. The Morgan fingerprint density at radius 1 is 1.13 bits per heavy atom. The summed E-state index contributed by atoms with van der Waals surface area (Å²) in [6.45, 7) is 2.24. The van der Waals surface area contributed by atoms with Crippen LogP contribution in [0.5, 0.6) is 0 Å². The van der Waals surface area contributed by atoms with E-state index in [4.69, 9.17) is 0 Å². The van der Waals surface area contributed by atoms with E-state index in [9.17, 15) is 28.7 Å². The quantitative estimate of drug-likeness (QED) is 0.586. The Balaban J connectivity index is 2.62. The third kappa shape index (κ3) is 4.28. The van der Waals surface area contributed by atoms with Gasteiger partial charge in [0.05, 0.1) is 5.69 Å². The van der Waals surface area contributed by atoms with Gasteiger partial charge in [-0.1, -0.05) is 30.3 Å². The first-order valence-electron chi connectivity index (χ1n) is 6.52. The SMILES string of the molecule is CCn1c(-c2ccccc2)cs/c1=N\C(P(=O)(O)O)P(=O)(O)O. The van der Waals surface area contributed by atoms with Gasteiger partial charge in [0.2, 0.25) is 0 Å². The van der Waals surface area contributed by atoms with Crippen LogP contribution in [0.2, 0.25) is 0 Å². The highest BCUT2D eigenvalue weighted by Crippen LogP contribution is 2.60. The first-order chi connectivity index (χ1) is 10.6. The van der Waals surface area contributed by atoms with Crippen molar-refractivity contribution in [2.45, 2.75) is 19.0 Å². The normalized spacial score (nSPS) is 13.7. The number of rotatable bonds is 5. The zero-order valence-corrected chi connectivity index (χ0v) is 14.7. The highest BCUT2D eigenvalue weighted by molar-refractivity contribution is 7.70. The standard InChI is InChI=1S/C12H16N2O6P2S/c1-2-14-10(9-6-4-3-5-7-9)8-23-11(14)13-12(21(15,16)17)22(18,19)20/h3-8,12H,2H2,1H3,(H2,15,16,17)(H2,18,19,20)/b13-11-. The molecule has 0 aliphatic heterocycles. The molecule has 23 heavy (non-hydrogen) atoms. The molecule has 0 bridgehead atoms. The molecule has 0 amide bonds. The first kappa shape index (κ1) is 18.3. The molecule has 0 aliphatic rings. The predicted molar refractivity (Wildman–Crippen MR) is 86.9 cm³/mol. The lowest BCUT2D eigenvalue weighted by Crippen LogP contribution is -2.19. The van der Waals surface area contributed by atoms with Gasteiger partial charge in [-0.15, -0.1) is 11.3 Å². The van der Waals surface area contributed by atoms with Gasteiger partial charge in [0, 0.05) is 11.9 Å². The van der Waals surface area contributed by atoms with E-state index < -0.39 is 20.7 Å². The van der Waals surface area contributed by atoms with Crippen molar-refractivity contribution in [1.29, 1.82) is 0 Å². The van der Waals surface area contributed by atoms with E-state index in [0.29, 0.717) is 6.54 Å². The fourth-order valence-corrected chi connectivity index (χ4v) is 5.27. The molecule has 2 aromatic rings. The maximum absolute atomic E-state index is 11.4. The van der Waals surface area contributed by atoms with Crippen molar-refractivity contribution < 1.29 is 28.7 Å². The summed E-state index contributed by atoms with van der Waals surface area (Å²) in [4.78, 5) is 40.5. The first-order valence-corrected chi connectivity index (χ1v) is 10.8. The van der Waals surface area contributed by atoms with Crippen LogP contribution in [0, 0.1) is 0 Å². The predicted octanol–water partition coefficient (Wildman–Crippen LogP) is 1.78. The van der Waals surface area contributed by atoms with Gasteiger partial charge in [0.25, 0.3) is 5.52 Å². The molecule has 2 rings (SSSR count). The average molecular weight is 378 g/mol. The molecule has 0 saturated heterocycles. The zero-order valence-electron chi connectivity index (χ0n) is 12.1. The Hall–Kier alpha value is -1.05. The average Bonchev–Trinajstić information content (AvgIpc) is 2.86. The van der Waals surface area contributed by atoms with E-state index in [2.05, 4.69) is 4.99 Å². The highest BCUT2D eigenvalue weighted by atomic mass is 32.1. The molecule has 0 atom stereocenters. The molecule has 4 N–H and O–H groups in total. The molecule has 126 valence electrons. The molecular formula is C12H16N2O6P2S. The fourth-order valence-electron chi connectivity index (χ4n) is 2.02. The van der Waals surface area contributed by atoms with Crippen LogP contribution in [0.4, 0.5) is 0 Å². The van der Waals surface area contributed by atoms with Gasteiger partial charge in [-0.3, -0.25) is 9.13 Å². The summed E-state index contributed by atoms with van der Waals surface area (Å²) >= 11 is 1.07. The van der Waals surface area contributed by atoms with E-state index in [0.717, 1.165) is 22.6 Å². The minimum atomic E-state index is -5.09. The lowest BCUT2D eigenvalue weighted by Gasteiger charge is -2.15. The number of hydrogen-bond donors (Lipinski definition) is 4. The van der Waals surface area contributed by atoms with Crippen molar-refractivity contribution in [3.8, 4) is 11.3 Å². The van der Waals surface area contributed by atoms with Crippen molar-refractivity contribution in [2.24, 2.45) is 4.99 Å². The van der Waals surface area contributed by atoms with E-state index >= 15 is 0 Å². The third-order valence-corrected chi connectivity index (χ3v) is 7.13. The van der Waals surface area contributed by atoms with Crippen molar-refractivity contribution >= 4 is 26.5 Å². The zero-order chi connectivity index (χ0) is 17.3. The van der Waals surface area contributed by atoms with Crippen LogP contribution in [0.25, 0.3) is 11.3 Å². The van der Waals surface area contributed by atoms with Crippen LogP contribution in [-0.4, -0.2) is 29.7 Å². The van der Waals surface area contributed by atoms with Crippen molar-refractivity contribution in [1.82, 2.24) is 4.57 Å². The molecule has 8 nitrogen and oxygen atoms in total. The summed E-state index contributed by atoms with van der Waals surface area (Å²) < 4.78 is 24.4. The lowest BCUT2D eigenvalue weighted by molar-refractivity contribution is 0.339. The number of nitrogens with zero attached hydrogens (tertiary/aromatic N) is 2. The van der Waals surface area contributed by atoms with Gasteiger partial charge in [-0.2, -0.15) is 0 Å². The second-order valence-electron chi connectivity index (χ2n) is 4.67. The molecule has 11 heteroatoms. The number of thiazole rings is 1. The van der Waals surface area contributed by atoms with E-state index in [1.54, 1.807) is 9.95 Å². The van der Waals surface area contributed by atoms with Crippen LogP contribution >= 0.6 is 26.5 Å². The van der Waals surface area contributed by atoms with E-state index in [-0.39, 0.29) is 4.80 Å². The minimum absolute atomic E-state index is 0.142. The summed E-state index contributed by atoms with van der Waals surface area (Å²) in [5, 5.41) is 1.73. The molecule has 0 aliphatic carbocycles. The summed E-state index contributed by atoms with van der Waals surface area (Å²) in [6.07, 6.45) is 0. The van der Waals surface area contributed by atoms with Crippen LogP contribution in [-0.2, 0) is 15.7 Å². The fraction of sp³-hybridized carbons (Fsp3) is 0.250. The third-order valence-electron chi connectivity index (χ3n) is 3.01. The minimum Gasteiger partial charge on any atom is -0.322 e. The van der Waals surface area contributed by atoms with Crippen LogP contribution in [0.3, 0.4) is 0 Å². The Kier molecular flexibility index (Phi) is 5.43. The monoisotopic (exact) mass is 378 g/mol. The van der Waals surface area contributed by atoms with Crippen molar-refractivity contribution in [3.05, 3.63) is 40.5 Å². The smallest absolute Gasteiger partial charge is 0.322 e. The van der Waals surface area contributed by atoms with Gasteiger partial charge in [0.1, 0.15) is 0 Å². The molecule has 0 unspecified atom stereocenters. The van der Waals surface area contributed by atoms with Gasteiger partial charge in [0.15, 0.2) is 4.80 Å². The summed E-state index contributed by atoms with van der Waals surface area (Å²) in [5.74, 6) is 0. The van der Waals surface area contributed by atoms with Gasteiger partial charge < -0.3 is 24.1 Å². The van der Waals surface area contributed by atoms with Crippen LogP contribution < -0.4 is 4.80 Å². The molecule has 1 aromatic heterocycles. The largest absolute Gasteiger partial charge is 0.362 e. The van der Waals surface area contributed by atoms with E-state index in [1.807, 2.05) is 37.3 Å². The van der Waals surface area contributed by atoms with Crippen LogP contribution in [0.15, 0.2) is 40.7 Å². The summed E-state index contributed by atoms with van der Waals surface area (Å²) in [6, 6.07) is 9.27. The Morgan fingerprint density at radius 2 is 1.70 bits per heavy atom. The Labute approximate surface area is 136 Å². The topological polar surface area (TPSA) is 132 Å². The molecule has 0 radical (unpaired) electrons. The Morgan fingerprint density at radius 3 is 2.17 bits per heavy atom. The van der Waals surface area contributed by atoms with E-state index in [1.165, 1.54) is 0 Å². The second kappa shape index (κ2) is 6.83. The summed E-state index contributed by atoms with van der Waals surface area (Å²) in [7, 11) is -10.2. The maximum atomic E-state index is 11.4. The van der Waals surface area contributed by atoms with Crippen LogP contribution in [0.1, 0.15) is 6.92 Å².